The van der Waals surface area contributed by atoms with E-state index in [4.69, 9.17) is 0 Å². The highest BCUT2D eigenvalue weighted by Crippen LogP contribution is 2.15. The minimum Gasteiger partial charge on any atom is -0.387 e. The predicted octanol–water partition coefficient (Wildman–Crippen LogP) is 1.92. The molecule has 0 heterocycles. The number of aliphatic hydroxyl groups is 1. The van der Waals surface area contributed by atoms with Crippen LogP contribution in [0.2, 0.25) is 0 Å². The van der Waals surface area contributed by atoms with Crippen LogP contribution in [-0.4, -0.2) is 22.6 Å². The minimum absolute atomic E-state index is 0.258. The van der Waals surface area contributed by atoms with Gasteiger partial charge in [0.25, 0.3) is 0 Å². The van der Waals surface area contributed by atoms with Crippen molar-refractivity contribution in [2.24, 2.45) is 0 Å². The van der Waals surface area contributed by atoms with Gasteiger partial charge in [0.05, 0.1) is 5.56 Å². The molecule has 0 aliphatic carbocycles. The van der Waals surface area contributed by atoms with Gasteiger partial charge in [0.2, 0.25) is 0 Å². The van der Waals surface area contributed by atoms with Crippen LogP contribution < -0.4 is 0 Å². The van der Waals surface area contributed by atoms with Crippen molar-refractivity contribution in [2.45, 2.75) is 32.3 Å². The van der Waals surface area contributed by atoms with Crippen molar-refractivity contribution >= 4 is 11.9 Å². The van der Waals surface area contributed by atoms with Crippen molar-refractivity contribution < 1.29 is 19.4 Å². The Hall–Kier alpha value is -1.68. The number of rotatable bonds is 4. The molecule has 0 saturated heterocycles. The Morgan fingerprint density at radius 2 is 1.88 bits per heavy atom. The quantitative estimate of drug-likeness (QED) is 0.640. The summed E-state index contributed by atoms with van der Waals surface area (Å²) in [5.74, 6) is -1.65. The molecule has 0 spiro atoms. The van der Waals surface area contributed by atoms with Crippen LogP contribution in [0, 0.1) is 0 Å². The van der Waals surface area contributed by atoms with Crippen molar-refractivity contribution in [1.29, 1.82) is 0 Å². The monoisotopic (exact) mass is 236 g/mol. The second kappa shape index (κ2) is 5.59. The number of carbonyl (C=O) groups excluding carboxylic acids is 2. The molecule has 1 rings (SSSR count). The van der Waals surface area contributed by atoms with Gasteiger partial charge >= 0.3 is 11.9 Å². The van der Waals surface area contributed by atoms with Gasteiger partial charge in [-0.3, -0.25) is 0 Å². The van der Waals surface area contributed by atoms with Gasteiger partial charge in [-0.1, -0.05) is 31.5 Å². The van der Waals surface area contributed by atoms with Crippen LogP contribution in [0.5, 0.6) is 0 Å². The number of ether oxygens (including phenoxy) is 1. The van der Waals surface area contributed by atoms with Gasteiger partial charge in [-0.2, -0.15) is 0 Å². The first-order chi connectivity index (χ1) is 7.97. The van der Waals surface area contributed by atoms with Gasteiger partial charge in [0, 0.05) is 0 Å². The third kappa shape index (κ3) is 3.67. The van der Waals surface area contributed by atoms with Gasteiger partial charge in [0.1, 0.15) is 0 Å². The van der Waals surface area contributed by atoms with E-state index >= 15 is 0 Å². The molecule has 0 radical (unpaired) electrons. The number of benzene rings is 1. The number of hydrogen-bond acceptors (Lipinski definition) is 4. The molecule has 1 atom stereocenters. The molecule has 4 heteroatoms. The highest BCUT2D eigenvalue weighted by atomic mass is 16.6. The van der Waals surface area contributed by atoms with E-state index in [9.17, 15) is 14.7 Å². The van der Waals surface area contributed by atoms with Gasteiger partial charge in [-0.15, -0.1) is 0 Å². The maximum Gasteiger partial charge on any atom is 0.345 e. The van der Waals surface area contributed by atoms with E-state index in [1.807, 2.05) is 6.92 Å². The molecule has 0 saturated carbocycles. The van der Waals surface area contributed by atoms with Crippen molar-refractivity contribution in [3.8, 4) is 0 Å². The zero-order chi connectivity index (χ0) is 12.9. The fourth-order valence-corrected chi connectivity index (χ4v) is 1.42. The van der Waals surface area contributed by atoms with Crippen molar-refractivity contribution in [3.63, 3.8) is 0 Å². The minimum atomic E-state index is -1.61. The zero-order valence-electron chi connectivity index (χ0n) is 9.97. The third-order valence-corrected chi connectivity index (χ3v) is 2.37. The highest BCUT2D eigenvalue weighted by Gasteiger charge is 2.32. The molecule has 4 nitrogen and oxygen atoms in total. The Morgan fingerprint density at radius 3 is 2.41 bits per heavy atom. The molecule has 0 fully saturated rings. The molecule has 1 aromatic rings. The van der Waals surface area contributed by atoms with E-state index in [1.54, 1.807) is 30.3 Å². The molecule has 0 bridgehead atoms. The van der Waals surface area contributed by atoms with Crippen LogP contribution in [0.25, 0.3) is 0 Å². The summed E-state index contributed by atoms with van der Waals surface area (Å²) in [7, 11) is 0. The lowest BCUT2D eigenvalue weighted by Gasteiger charge is -2.19. The molecule has 0 aromatic heterocycles. The second-order valence-electron chi connectivity index (χ2n) is 4.07. The molecule has 92 valence electrons. The first-order valence-electron chi connectivity index (χ1n) is 5.51. The van der Waals surface area contributed by atoms with Gasteiger partial charge in [-0.05, 0) is 25.5 Å². The Kier molecular flexibility index (Phi) is 4.40. The molecule has 0 amide bonds. The van der Waals surface area contributed by atoms with Crippen LogP contribution in [0.3, 0.4) is 0 Å². The lowest BCUT2D eigenvalue weighted by atomic mass is 10.0. The largest absolute Gasteiger partial charge is 0.387 e. The maximum absolute atomic E-state index is 11.6. The Labute approximate surface area is 100 Å². The van der Waals surface area contributed by atoms with E-state index in [0.29, 0.717) is 6.42 Å². The van der Waals surface area contributed by atoms with Gasteiger partial charge < -0.3 is 9.84 Å². The topological polar surface area (TPSA) is 63.6 Å². The molecule has 0 aliphatic rings. The van der Waals surface area contributed by atoms with Crippen LogP contribution in [-0.2, 0) is 9.53 Å². The first-order valence-corrected chi connectivity index (χ1v) is 5.51. The maximum atomic E-state index is 11.6. The van der Waals surface area contributed by atoms with E-state index in [-0.39, 0.29) is 12.0 Å². The fourth-order valence-electron chi connectivity index (χ4n) is 1.42. The number of esters is 2. The smallest absolute Gasteiger partial charge is 0.345 e. The average molecular weight is 236 g/mol. The van der Waals surface area contributed by atoms with E-state index in [0.717, 1.165) is 0 Å². The summed E-state index contributed by atoms with van der Waals surface area (Å²) in [4.78, 5) is 23.1. The summed E-state index contributed by atoms with van der Waals surface area (Å²) in [5, 5.41) is 9.75. The standard InChI is InChI=1S/C13H16O4/c1-3-9-13(2,16)12(15)17-11(14)10-7-5-4-6-8-10/h4-8,16H,3,9H2,1-2H3. The van der Waals surface area contributed by atoms with Gasteiger partial charge in [0.15, 0.2) is 5.60 Å². The summed E-state index contributed by atoms with van der Waals surface area (Å²) < 4.78 is 4.63. The van der Waals surface area contributed by atoms with Crippen molar-refractivity contribution in [2.75, 3.05) is 0 Å². The lowest BCUT2D eigenvalue weighted by molar-refractivity contribution is -0.158. The molecule has 1 aromatic carbocycles. The third-order valence-electron chi connectivity index (χ3n) is 2.37. The summed E-state index contributed by atoms with van der Waals surface area (Å²) in [5.41, 5.74) is -1.33. The average Bonchev–Trinajstić information content (AvgIpc) is 2.30. The lowest BCUT2D eigenvalue weighted by Crippen LogP contribution is -2.37. The van der Waals surface area contributed by atoms with Crippen molar-refractivity contribution in [3.05, 3.63) is 35.9 Å². The summed E-state index contributed by atoms with van der Waals surface area (Å²) >= 11 is 0. The molecular weight excluding hydrogens is 220 g/mol. The van der Waals surface area contributed by atoms with Crippen LogP contribution >= 0.6 is 0 Å². The SMILES string of the molecule is CCCC(C)(O)C(=O)OC(=O)c1ccccc1. The Morgan fingerprint density at radius 1 is 1.29 bits per heavy atom. The zero-order valence-corrected chi connectivity index (χ0v) is 9.97. The Balaban J connectivity index is 2.67. The van der Waals surface area contributed by atoms with Crippen LogP contribution in [0.4, 0.5) is 0 Å². The predicted molar refractivity (Wildman–Crippen MR) is 62.4 cm³/mol. The van der Waals surface area contributed by atoms with Gasteiger partial charge in [-0.25, -0.2) is 9.59 Å². The first kappa shape index (κ1) is 13.4. The van der Waals surface area contributed by atoms with Crippen LogP contribution in [0.1, 0.15) is 37.0 Å². The van der Waals surface area contributed by atoms with E-state index in [2.05, 4.69) is 4.74 Å². The van der Waals surface area contributed by atoms with Crippen LogP contribution in [0.15, 0.2) is 30.3 Å². The number of hydrogen-bond donors (Lipinski definition) is 1. The Bertz CT molecular complexity index is 395. The van der Waals surface area contributed by atoms with E-state index < -0.39 is 17.5 Å². The molecule has 0 aliphatic heterocycles. The van der Waals surface area contributed by atoms with E-state index in [1.165, 1.54) is 6.92 Å². The van der Waals surface area contributed by atoms with Crippen molar-refractivity contribution in [1.82, 2.24) is 0 Å². The highest BCUT2D eigenvalue weighted by molar-refractivity contribution is 5.98. The normalized spacial score (nSPS) is 13.8. The summed E-state index contributed by atoms with van der Waals surface area (Å²) in [6.45, 7) is 3.18. The molecule has 1 N–H and O–H groups in total. The second-order valence-corrected chi connectivity index (χ2v) is 4.07. The molecule has 17 heavy (non-hydrogen) atoms. The molecule has 1 unspecified atom stereocenters. The number of carbonyl (C=O) groups is 2. The summed E-state index contributed by atoms with van der Waals surface area (Å²) in [6, 6.07) is 8.19. The summed E-state index contributed by atoms with van der Waals surface area (Å²) in [6.07, 6.45) is 0.884. The molecular formula is C13H16O4. The fraction of sp³-hybridized carbons (Fsp3) is 0.385.